The molecule has 0 unspecified atom stereocenters. The number of hydrogen-bond acceptors (Lipinski definition) is 7. The first-order valence-corrected chi connectivity index (χ1v) is 5.25. The van der Waals surface area contributed by atoms with Gasteiger partial charge in [0.15, 0.2) is 5.76 Å². The van der Waals surface area contributed by atoms with Gasteiger partial charge in [0.05, 0.1) is 6.26 Å². The molecule has 96 valence electrons. The van der Waals surface area contributed by atoms with Crippen LogP contribution in [0.3, 0.4) is 0 Å². The van der Waals surface area contributed by atoms with Crippen molar-refractivity contribution in [1.29, 1.82) is 0 Å². The highest BCUT2D eigenvalue weighted by atomic mass is 16.6. The summed E-state index contributed by atoms with van der Waals surface area (Å²) in [4.78, 5) is 17.7. The Morgan fingerprint density at radius 2 is 2.37 bits per heavy atom. The van der Waals surface area contributed by atoms with Gasteiger partial charge in [-0.05, 0) is 22.0 Å². The molecule has 0 amide bonds. The highest BCUT2D eigenvalue weighted by Gasteiger charge is 2.14. The van der Waals surface area contributed by atoms with Gasteiger partial charge in [-0.1, -0.05) is 5.16 Å². The van der Waals surface area contributed by atoms with Gasteiger partial charge in [0, 0.05) is 0 Å². The quantitative estimate of drug-likeness (QED) is 0.516. The number of nitro groups is 1. The first-order valence-electron chi connectivity index (χ1n) is 5.25. The van der Waals surface area contributed by atoms with Gasteiger partial charge in [-0.25, -0.2) is 0 Å². The number of furan rings is 1. The Kier molecular flexibility index (Phi) is 2.56. The molecule has 9 nitrogen and oxygen atoms in total. The van der Waals surface area contributed by atoms with Crippen LogP contribution in [0.4, 0.5) is 5.82 Å². The molecule has 3 rings (SSSR count). The highest BCUT2D eigenvalue weighted by Crippen LogP contribution is 2.16. The van der Waals surface area contributed by atoms with E-state index in [0.29, 0.717) is 17.5 Å². The predicted molar refractivity (Wildman–Crippen MR) is 60.0 cm³/mol. The molecular formula is C10H7N5O4. The Morgan fingerprint density at radius 3 is 3.05 bits per heavy atom. The van der Waals surface area contributed by atoms with Crippen LogP contribution in [0.25, 0.3) is 11.6 Å². The minimum atomic E-state index is -0.571. The number of hydrogen-bond donors (Lipinski definition) is 0. The summed E-state index contributed by atoms with van der Waals surface area (Å²) in [6.45, 7) is 0.203. The van der Waals surface area contributed by atoms with Crippen molar-refractivity contribution < 1.29 is 13.9 Å². The summed E-state index contributed by atoms with van der Waals surface area (Å²) in [5, 5.41) is 14.2. The zero-order chi connectivity index (χ0) is 13.2. The third-order valence-electron chi connectivity index (χ3n) is 2.33. The minimum absolute atomic E-state index is 0.203. The van der Waals surface area contributed by atoms with Crippen LogP contribution in [0.2, 0.25) is 0 Å². The number of aromatic nitrogens is 4. The molecule has 0 bridgehead atoms. The largest absolute Gasteiger partial charge is 0.461 e. The second kappa shape index (κ2) is 4.37. The summed E-state index contributed by atoms with van der Waals surface area (Å²) in [7, 11) is 0. The van der Waals surface area contributed by atoms with Crippen molar-refractivity contribution in [3.8, 4) is 11.6 Å². The van der Waals surface area contributed by atoms with Crippen LogP contribution in [-0.4, -0.2) is 24.6 Å². The van der Waals surface area contributed by atoms with Crippen molar-refractivity contribution in [2.45, 2.75) is 6.54 Å². The topological polar surface area (TPSA) is 113 Å². The van der Waals surface area contributed by atoms with E-state index in [1.165, 1.54) is 23.4 Å². The zero-order valence-corrected chi connectivity index (χ0v) is 9.46. The Labute approximate surface area is 105 Å². The maximum absolute atomic E-state index is 10.5. The monoisotopic (exact) mass is 261 g/mol. The summed E-state index contributed by atoms with van der Waals surface area (Å²) in [5.41, 5.74) is 0. The lowest BCUT2D eigenvalue weighted by molar-refractivity contribution is -0.389. The molecule has 0 saturated carbocycles. The second-order valence-corrected chi connectivity index (χ2v) is 3.65. The van der Waals surface area contributed by atoms with Gasteiger partial charge >= 0.3 is 5.82 Å². The third kappa shape index (κ3) is 2.20. The van der Waals surface area contributed by atoms with E-state index >= 15 is 0 Å². The van der Waals surface area contributed by atoms with Crippen LogP contribution in [0.5, 0.6) is 0 Å². The molecule has 0 N–H and O–H groups in total. The van der Waals surface area contributed by atoms with E-state index in [9.17, 15) is 10.1 Å². The van der Waals surface area contributed by atoms with Gasteiger partial charge in [0.2, 0.25) is 18.0 Å². The van der Waals surface area contributed by atoms with E-state index in [4.69, 9.17) is 8.94 Å². The molecule has 19 heavy (non-hydrogen) atoms. The average Bonchev–Trinajstić information content (AvgIpc) is 3.09. The molecule has 3 aromatic rings. The summed E-state index contributed by atoms with van der Waals surface area (Å²) in [6.07, 6.45) is 4.12. The van der Waals surface area contributed by atoms with Crippen LogP contribution >= 0.6 is 0 Å². The fraction of sp³-hybridized carbons (Fsp3) is 0.100. The summed E-state index contributed by atoms with van der Waals surface area (Å²) < 4.78 is 11.6. The first-order chi connectivity index (χ1) is 9.22. The first kappa shape index (κ1) is 11.1. The van der Waals surface area contributed by atoms with E-state index < -0.39 is 4.92 Å². The van der Waals surface area contributed by atoms with E-state index in [0.717, 1.165) is 0 Å². The lowest BCUT2D eigenvalue weighted by Crippen LogP contribution is -1.96. The zero-order valence-electron chi connectivity index (χ0n) is 9.46. The fourth-order valence-corrected chi connectivity index (χ4v) is 1.51. The molecule has 0 spiro atoms. The van der Waals surface area contributed by atoms with E-state index in [-0.39, 0.29) is 12.4 Å². The molecule has 0 aliphatic carbocycles. The Bertz CT molecular complexity index is 699. The summed E-state index contributed by atoms with van der Waals surface area (Å²) in [5.74, 6) is 0.894. The number of imidazole rings is 1. The number of nitrogens with zero attached hydrogens (tertiary/aromatic N) is 5. The average molecular weight is 261 g/mol. The van der Waals surface area contributed by atoms with Gasteiger partial charge in [-0.2, -0.15) is 4.98 Å². The minimum Gasteiger partial charge on any atom is -0.461 e. The van der Waals surface area contributed by atoms with Crippen LogP contribution in [0.1, 0.15) is 5.89 Å². The maximum Gasteiger partial charge on any atom is 0.381 e. The molecule has 0 aliphatic rings. The van der Waals surface area contributed by atoms with Crippen LogP contribution in [-0.2, 0) is 6.54 Å². The van der Waals surface area contributed by atoms with Crippen LogP contribution in [0, 0.1) is 10.1 Å². The molecule has 0 aromatic carbocycles. The lowest BCUT2D eigenvalue weighted by atomic mass is 10.4. The van der Waals surface area contributed by atoms with Gasteiger partial charge in [0.1, 0.15) is 12.7 Å². The third-order valence-corrected chi connectivity index (χ3v) is 2.33. The molecule has 9 heteroatoms. The Hall–Kier alpha value is -2.97. The van der Waals surface area contributed by atoms with Crippen molar-refractivity contribution in [3.63, 3.8) is 0 Å². The van der Waals surface area contributed by atoms with E-state index in [2.05, 4.69) is 15.1 Å². The summed E-state index contributed by atoms with van der Waals surface area (Å²) >= 11 is 0. The molecule has 3 aromatic heterocycles. The standard InChI is InChI=1S/C10H7N5O4/c16-15(17)8-4-14(6-11-8)5-9-12-10(13-19-9)7-2-1-3-18-7/h1-4,6H,5H2. The molecule has 0 aliphatic heterocycles. The molecule has 0 fully saturated rings. The lowest BCUT2D eigenvalue weighted by Gasteiger charge is -1.92. The molecule has 3 heterocycles. The number of rotatable bonds is 4. The molecular weight excluding hydrogens is 254 g/mol. The smallest absolute Gasteiger partial charge is 0.381 e. The Balaban J connectivity index is 1.78. The fourth-order valence-electron chi connectivity index (χ4n) is 1.51. The SMILES string of the molecule is O=[N+]([O-])c1cn(Cc2nc(-c3ccco3)no2)cn1. The van der Waals surface area contributed by atoms with Crippen molar-refractivity contribution in [1.82, 2.24) is 19.7 Å². The van der Waals surface area contributed by atoms with Gasteiger partial charge in [-0.3, -0.25) is 0 Å². The van der Waals surface area contributed by atoms with E-state index in [1.807, 2.05) is 0 Å². The van der Waals surface area contributed by atoms with Crippen LogP contribution < -0.4 is 0 Å². The maximum atomic E-state index is 10.5. The normalized spacial score (nSPS) is 10.7. The van der Waals surface area contributed by atoms with Gasteiger partial charge in [0.25, 0.3) is 0 Å². The predicted octanol–water partition coefficient (Wildman–Crippen LogP) is 1.48. The second-order valence-electron chi connectivity index (χ2n) is 3.65. The van der Waals surface area contributed by atoms with Crippen molar-refractivity contribution in [3.05, 3.63) is 46.9 Å². The van der Waals surface area contributed by atoms with E-state index in [1.54, 1.807) is 12.1 Å². The Morgan fingerprint density at radius 1 is 1.47 bits per heavy atom. The highest BCUT2D eigenvalue weighted by molar-refractivity contribution is 5.44. The van der Waals surface area contributed by atoms with Crippen molar-refractivity contribution in [2.75, 3.05) is 0 Å². The molecule has 0 radical (unpaired) electrons. The van der Waals surface area contributed by atoms with Crippen molar-refractivity contribution >= 4 is 5.82 Å². The summed E-state index contributed by atoms with van der Waals surface area (Å²) in [6, 6.07) is 3.42. The van der Waals surface area contributed by atoms with Gasteiger partial charge < -0.3 is 23.6 Å². The van der Waals surface area contributed by atoms with Gasteiger partial charge in [-0.15, -0.1) is 0 Å². The molecule has 0 atom stereocenters. The van der Waals surface area contributed by atoms with Crippen molar-refractivity contribution in [2.24, 2.45) is 0 Å². The van der Waals surface area contributed by atoms with Crippen LogP contribution in [0.15, 0.2) is 39.9 Å². The molecule has 0 saturated heterocycles.